The van der Waals surface area contributed by atoms with E-state index in [-0.39, 0.29) is 16.8 Å². The van der Waals surface area contributed by atoms with Gasteiger partial charge in [-0.05, 0) is 48.9 Å². The molecule has 0 aliphatic rings. The van der Waals surface area contributed by atoms with Crippen LogP contribution in [-0.4, -0.2) is 27.8 Å². The second-order valence-electron chi connectivity index (χ2n) is 5.55. The van der Waals surface area contributed by atoms with Crippen molar-refractivity contribution in [2.24, 2.45) is 0 Å². The van der Waals surface area contributed by atoms with Crippen molar-refractivity contribution in [2.75, 3.05) is 6.61 Å². The van der Waals surface area contributed by atoms with Crippen LogP contribution in [0.25, 0.3) is 23.1 Å². The first-order valence-electron chi connectivity index (χ1n) is 7.95. The zero-order valence-corrected chi connectivity index (χ0v) is 13.9. The predicted molar refractivity (Wildman–Crippen MR) is 96.9 cm³/mol. The molecule has 0 fully saturated rings. The third-order valence-corrected chi connectivity index (χ3v) is 3.75. The molecule has 26 heavy (non-hydrogen) atoms. The number of fused-ring (bicyclic) bond motifs is 1. The van der Waals surface area contributed by atoms with Crippen molar-refractivity contribution in [3.05, 3.63) is 65.1 Å². The van der Waals surface area contributed by atoms with Gasteiger partial charge in [-0.25, -0.2) is 14.2 Å². The number of rotatable bonds is 5. The smallest absolute Gasteiger partial charge is 0.336 e. The van der Waals surface area contributed by atoms with Crippen molar-refractivity contribution >= 4 is 29.0 Å². The lowest BCUT2D eigenvalue weighted by atomic mass is 10.1. The van der Waals surface area contributed by atoms with Crippen LogP contribution < -0.4 is 4.74 Å². The van der Waals surface area contributed by atoms with E-state index < -0.39 is 11.8 Å². The molecule has 0 aliphatic carbocycles. The molecule has 0 spiro atoms. The van der Waals surface area contributed by atoms with Crippen molar-refractivity contribution in [3.8, 4) is 11.5 Å². The number of aromatic hydroxyl groups is 1. The Hall–Kier alpha value is -3.41. The highest BCUT2D eigenvalue weighted by molar-refractivity contribution is 6.03. The van der Waals surface area contributed by atoms with E-state index in [1.807, 2.05) is 6.92 Å². The van der Waals surface area contributed by atoms with Gasteiger partial charge in [-0.15, -0.1) is 0 Å². The summed E-state index contributed by atoms with van der Waals surface area (Å²) in [5, 5.41) is 19.5. The molecule has 2 N–H and O–H groups in total. The number of carboxylic acid groups (broad SMARTS) is 1. The van der Waals surface area contributed by atoms with E-state index in [2.05, 4.69) is 4.98 Å². The molecule has 0 bridgehead atoms. The first-order valence-corrected chi connectivity index (χ1v) is 7.95. The largest absolute Gasteiger partial charge is 0.504 e. The maximum absolute atomic E-state index is 13.5. The summed E-state index contributed by atoms with van der Waals surface area (Å²) in [6.07, 6.45) is 3.33. The SMILES string of the molecule is CCOc1cc(/C=C\c2cc(C(=O)O)c3ccc(F)cc3n2)ccc1O. The van der Waals surface area contributed by atoms with Gasteiger partial charge < -0.3 is 14.9 Å². The molecule has 0 atom stereocenters. The van der Waals surface area contributed by atoms with Gasteiger partial charge in [-0.1, -0.05) is 12.1 Å². The first-order chi connectivity index (χ1) is 12.5. The third kappa shape index (κ3) is 3.64. The number of phenolic OH excluding ortho intramolecular Hbond substituents is 1. The van der Waals surface area contributed by atoms with Gasteiger partial charge in [0.15, 0.2) is 11.5 Å². The topological polar surface area (TPSA) is 79.7 Å². The highest BCUT2D eigenvalue weighted by Crippen LogP contribution is 2.28. The monoisotopic (exact) mass is 353 g/mol. The number of hydrogen-bond acceptors (Lipinski definition) is 4. The van der Waals surface area contributed by atoms with Crippen LogP contribution in [0.3, 0.4) is 0 Å². The molecule has 0 amide bonds. The van der Waals surface area contributed by atoms with E-state index in [0.29, 0.717) is 23.4 Å². The van der Waals surface area contributed by atoms with Gasteiger partial charge in [0, 0.05) is 11.5 Å². The number of benzene rings is 2. The van der Waals surface area contributed by atoms with Crippen LogP contribution in [0.5, 0.6) is 11.5 Å². The van der Waals surface area contributed by atoms with E-state index in [4.69, 9.17) is 4.74 Å². The van der Waals surface area contributed by atoms with Crippen LogP contribution in [-0.2, 0) is 0 Å². The summed E-state index contributed by atoms with van der Waals surface area (Å²) in [4.78, 5) is 15.8. The van der Waals surface area contributed by atoms with Gasteiger partial charge in [0.05, 0.1) is 23.4 Å². The van der Waals surface area contributed by atoms with Crippen LogP contribution in [0.1, 0.15) is 28.5 Å². The molecule has 2 aromatic carbocycles. The summed E-state index contributed by atoms with van der Waals surface area (Å²) in [5.74, 6) is -1.20. The van der Waals surface area contributed by atoms with Crippen molar-refractivity contribution in [3.63, 3.8) is 0 Å². The Morgan fingerprint density at radius 2 is 2.00 bits per heavy atom. The molecular formula is C20H16FNO4. The molecule has 0 saturated heterocycles. The van der Waals surface area contributed by atoms with Crippen LogP contribution >= 0.6 is 0 Å². The van der Waals surface area contributed by atoms with E-state index >= 15 is 0 Å². The van der Waals surface area contributed by atoms with Gasteiger partial charge >= 0.3 is 5.97 Å². The Bertz CT molecular complexity index is 1010. The average molecular weight is 353 g/mol. The van der Waals surface area contributed by atoms with Crippen molar-refractivity contribution in [1.29, 1.82) is 0 Å². The molecule has 1 aromatic heterocycles. The molecule has 6 heteroatoms. The Labute approximate surface area is 149 Å². The van der Waals surface area contributed by atoms with E-state index in [1.165, 1.54) is 30.3 Å². The first kappa shape index (κ1) is 17.4. The summed E-state index contributed by atoms with van der Waals surface area (Å²) in [7, 11) is 0. The number of phenols is 1. The van der Waals surface area contributed by atoms with E-state index in [1.54, 1.807) is 24.3 Å². The number of nitrogens with zero attached hydrogens (tertiary/aromatic N) is 1. The standard InChI is InChI=1S/C20H16FNO4/c1-2-26-19-9-12(4-8-18(19)23)3-6-14-11-16(20(24)25)15-7-5-13(21)10-17(15)22-14/h3-11,23H,2H2,1H3,(H,24,25)/b6-3-. The van der Waals surface area contributed by atoms with Crippen molar-refractivity contribution < 1.29 is 24.1 Å². The number of halogens is 1. The Morgan fingerprint density at radius 3 is 2.73 bits per heavy atom. The number of pyridine rings is 1. The third-order valence-electron chi connectivity index (χ3n) is 3.75. The molecule has 3 aromatic rings. The van der Waals surface area contributed by atoms with Crippen LogP contribution in [0.15, 0.2) is 42.5 Å². The normalized spacial score (nSPS) is 11.2. The Kier molecular flexibility index (Phi) is 4.84. The Balaban J connectivity index is 2.02. The maximum Gasteiger partial charge on any atom is 0.336 e. The lowest BCUT2D eigenvalue weighted by Gasteiger charge is -2.06. The molecule has 0 saturated carbocycles. The zero-order valence-electron chi connectivity index (χ0n) is 13.9. The van der Waals surface area contributed by atoms with E-state index in [9.17, 15) is 19.4 Å². The molecule has 0 aliphatic heterocycles. The maximum atomic E-state index is 13.5. The van der Waals surface area contributed by atoms with Crippen molar-refractivity contribution in [2.45, 2.75) is 6.92 Å². The summed E-state index contributed by atoms with van der Waals surface area (Å²) >= 11 is 0. The van der Waals surface area contributed by atoms with Crippen LogP contribution in [0.4, 0.5) is 4.39 Å². The number of aromatic carboxylic acids is 1. The molecule has 0 radical (unpaired) electrons. The number of carboxylic acids is 1. The van der Waals surface area contributed by atoms with Crippen LogP contribution in [0, 0.1) is 5.82 Å². The van der Waals surface area contributed by atoms with Gasteiger partial charge in [0.1, 0.15) is 5.82 Å². The summed E-state index contributed by atoms with van der Waals surface area (Å²) in [5.41, 5.74) is 1.44. The van der Waals surface area contributed by atoms with Gasteiger partial charge in [-0.3, -0.25) is 0 Å². The van der Waals surface area contributed by atoms with E-state index in [0.717, 1.165) is 5.56 Å². The second-order valence-corrected chi connectivity index (χ2v) is 5.55. The zero-order chi connectivity index (χ0) is 18.7. The molecule has 3 rings (SSSR count). The van der Waals surface area contributed by atoms with Gasteiger partial charge in [0.2, 0.25) is 0 Å². The molecule has 5 nitrogen and oxygen atoms in total. The molecule has 132 valence electrons. The minimum Gasteiger partial charge on any atom is -0.504 e. The summed E-state index contributed by atoms with van der Waals surface area (Å²) in [6.45, 7) is 2.23. The Morgan fingerprint density at radius 1 is 1.19 bits per heavy atom. The number of hydrogen-bond donors (Lipinski definition) is 2. The molecule has 0 unspecified atom stereocenters. The lowest BCUT2D eigenvalue weighted by Crippen LogP contribution is -2.00. The van der Waals surface area contributed by atoms with Crippen LogP contribution in [0.2, 0.25) is 0 Å². The minimum atomic E-state index is -1.11. The number of carbonyl (C=O) groups is 1. The fourth-order valence-electron chi connectivity index (χ4n) is 2.57. The predicted octanol–water partition coefficient (Wildman–Crippen LogP) is 4.35. The molecular weight excluding hydrogens is 337 g/mol. The quantitative estimate of drug-likeness (QED) is 0.713. The highest BCUT2D eigenvalue weighted by atomic mass is 19.1. The highest BCUT2D eigenvalue weighted by Gasteiger charge is 2.11. The fourth-order valence-corrected chi connectivity index (χ4v) is 2.57. The fraction of sp³-hybridized carbons (Fsp3) is 0.100. The lowest BCUT2D eigenvalue weighted by molar-refractivity contribution is 0.0699. The summed E-state index contributed by atoms with van der Waals surface area (Å²) in [6, 6.07) is 10.1. The van der Waals surface area contributed by atoms with Gasteiger partial charge in [0.25, 0.3) is 0 Å². The average Bonchev–Trinajstić information content (AvgIpc) is 2.61. The summed E-state index contributed by atoms with van der Waals surface area (Å²) < 4.78 is 18.8. The molecule has 1 heterocycles. The number of aromatic nitrogens is 1. The van der Waals surface area contributed by atoms with Gasteiger partial charge in [-0.2, -0.15) is 0 Å². The number of ether oxygens (including phenoxy) is 1. The minimum absolute atomic E-state index is 0.0384. The van der Waals surface area contributed by atoms with Crippen molar-refractivity contribution in [1.82, 2.24) is 4.98 Å². The second kappa shape index (κ2) is 7.23.